The Balaban J connectivity index is 2.19. The summed E-state index contributed by atoms with van der Waals surface area (Å²) in [6.45, 7) is 2.85. The molecule has 0 radical (unpaired) electrons. The quantitative estimate of drug-likeness (QED) is 0.916. The van der Waals surface area contributed by atoms with Gasteiger partial charge in [0.05, 0.1) is 6.61 Å². The zero-order valence-corrected chi connectivity index (χ0v) is 12.6. The maximum Gasteiger partial charge on any atom is 0.129 e. The van der Waals surface area contributed by atoms with Crippen molar-refractivity contribution in [1.29, 1.82) is 0 Å². The third-order valence-electron chi connectivity index (χ3n) is 3.19. The molecule has 0 saturated carbocycles. The van der Waals surface area contributed by atoms with Crippen LogP contribution in [0, 0.1) is 0 Å². The van der Waals surface area contributed by atoms with Gasteiger partial charge in [-0.1, -0.05) is 30.7 Å². The van der Waals surface area contributed by atoms with Crippen molar-refractivity contribution >= 4 is 17.4 Å². The Morgan fingerprint density at radius 3 is 2.45 bits per heavy atom. The molecule has 0 atom stereocenters. The van der Waals surface area contributed by atoms with Gasteiger partial charge in [-0.15, -0.1) is 0 Å². The number of rotatable bonds is 5. The van der Waals surface area contributed by atoms with Gasteiger partial charge in [0.15, 0.2) is 0 Å². The first-order chi connectivity index (χ1) is 9.62. The van der Waals surface area contributed by atoms with Crippen LogP contribution in [0.3, 0.4) is 0 Å². The number of nitrogens with zero attached hydrogens (tertiary/aromatic N) is 2. The van der Waals surface area contributed by atoms with Crippen LogP contribution in [0.25, 0.3) is 0 Å². The van der Waals surface area contributed by atoms with E-state index in [9.17, 15) is 5.11 Å². The molecule has 0 unspecified atom stereocenters. The molecule has 3 nitrogen and oxygen atoms in total. The number of pyridine rings is 1. The highest BCUT2D eigenvalue weighted by molar-refractivity contribution is 6.30. The maximum atomic E-state index is 9.32. The molecule has 0 saturated heterocycles. The molecule has 0 fully saturated rings. The van der Waals surface area contributed by atoms with Crippen molar-refractivity contribution in [2.45, 2.75) is 26.5 Å². The fraction of sp³-hybridized carbons (Fsp3) is 0.312. The predicted octanol–water partition coefficient (Wildman–Crippen LogP) is 3.43. The number of hydrogen-bond acceptors (Lipinski definition) is 3. The van der Waals surface area contributed by atoms with Crippen LogP contribution in [0.4, 0.5) is 5.82 Å². The first kappa shape index (κ1) is 14.8. The predicted molar refractivity (Wildman–Crippen MR) is 83.1 cm³/mol. The summed E-state index contributed by atoms with van der Waals surface area (Å²) in [5, 5.41) is 10.1. The number of aliphatic hydroxyl groups is 1. The van der Waals surface area contributed by atoms with Crippen LogP contribution in [-0.2, 0) is 19.6 Å². The maximum absolute atomic E-state index is 9.32. The zero-order valence-electron chi connectivity index (χ0n) is 11.8. The Morgan fingerprint density at radius 2 is 1.85 bits per heavy atom. The van der Waals surface area contributed by atoms with Crippen LogP contribution in [0.2, 0.25) is 5.02 Å². The summed E-state index contributed by atoms with van der Waals surface area (Å²) >= 11 is 5.89. The van der Waals surface area contributed by atoms with E-state index in [-0.39, 0.29) is 6.61 Å². The summed E-state index contributed by atoms with van der Waals surface area (Å²) in [4.78, 5) is 6.67. The van der Waals surface area contributed by atoms with E-state index in [0.717, 1.165) is 35.1 Å². The Hall–Kier alpha value is -1.58. The minimum absolute atomic E-state index is 0.0390. The number of hydrogen-bond donors (Lipinski definition) is 1. The highest BCUT2D eigenvalue weighted by atomic mass is 35.5. The third kappa shape index (κ3) is 3.71. The van der Waals surface area contributed by atoms with Gasteiger partial charge in [-0.25, -0.2) is 4.98 Å². The largest absolute Gasteiger partial charge is 0.392 e. The number of anilines is 1. The van der Waals surface area contributed by atoms with E-state index in [1.165, 1.54) is 5.56 Å². The summed E-state index contributed by atoms with van der Waals surface area (Å²) in [7, 11) is 2.00. The van der Waals surface area contributed by atoms with Crippen LogP contribution >= 0.6 is 11.6 Å². The molecule has 2 aromatic rings. The van der Waals surface area contributed by atoms with E-state index in [4.69, 9.17) is 11.6 Å². The van der Waals surface area contributed by atoms with Gasteiger partial charge < -0.3 is 10.0 Å². The van der Waals surface area contributed by atoms with Crippen LogP contribution in [0.1, 0.15) is 23.7 Å². The number of aryl methyl sites for hydroxylation is 1. The molecule has 0 spiro atoms. The second kappa shape index (κ2) is 6.73. The number of halogens is 1. The minimum atomic E-state index is 0.0390. The van der Waals surface area contributed by atoms with E-state index in [2.05, 4.69) is 16.8 Å². The number of aromatic nitrogens is 1. The van der Waals surface area contributed by atoms with Gasteiger partial charge in [0.25, 0.3) is 0 Å². The Labute approximate surface area is 124 Å². The molecule has 2 rings (SSSR count). The lowest BCUT2D eigenvalue weighted by molar-refractivity contribution is 0.281. The molecule has 0 bridgehead atoms. The van der Waals surface area contributed by atoms with Crippen molar-refractivity contribution in [3.63, 3.8) is 0 Å². The minimum Gasteiger partial charge on any atom is -0.392 e. The normalized spacial score (nSPS) is 10.6. The fourth-order valence-electron chi connectivity index (χ4n) is 2.05. The number of aliphatic hydroxyl groups excluding tert-OH is 1. The molecule has 0 aliphatic carbocycles. The van der Waals surface area contributed by atoms with E-state index >= 15 is 0 Å². The SMILES string of the molecule is CCc1cc(CO)cc(N(C)Cc2ccc(Cl)cc2)n1. The van der Waals surface area contributed by atoms with Crippen molar-refractivity contribution < 1.29 is 5.11 Å². The summed E-state index contributed by atoms with van der Waals surface area (Å²) in [5.41, 5.74) is 3.07. The second-order valence-electron chi connectivity index (χ2n) is 4.82. The second-order valence-corrected chi connectivity index (χ2v) is 5.26. The van der Waals surface area contributed by atoms with Gasteiger partial charge in [-0.05, 0) is 41.8 Å². The van der Waals surface area contributed by atoms with E-state index in [1.807, 2.05) is 43.4 Å². The van der Waals surface area contributed by atoms with E-state index < -0.39 is 0 Å². The van der Waals surface area contributed by atoms with Crippen molar-refractivity contribution in [3.8, 4) is 0 Å². The molecule has 1 heterocycles. The Morgan fingerprint density at radius 1 is 1.15 bits per heavy atom. The lowest BCUT2D eigenvalue weighted by atomic mass is 10.2. The van der Waals surface area contributed by atoms with Crippen molar-refractivity contribution in [2.75, 3.05) is 11.9 Å². The average Bonchev–Trinajstić information content (AvgIpc) is 2.48. The first-order valence-corrected chi connectivity index (χ1v) is 7.06. The highest BCUT2D eigenvalue weighted by Gasteiger charge is 2.07. The molecule has 0 aliphatic heterocycles. The summed E-state index contributed by atoms with van der Waals surface area (Å²) < 4.78 is 0. The van der Waals surface area contributed by atoms with Crippen LogP contribution in [-0.4, -0.2) is 17.1 Å². The fourth-order valence-corrected chi connectivity index (χ4v) is 2.17. The van der Waals surface area contributed by atoms with E-state index in [0.29, 0.717) is 0 Å². The molecular formula is C16H19ClN2O. The highest BCUT2D eigenvalue weighted by Crippen LogP contribution is 2.18. The van der Waals surface area contributed by atoms with E-state index in [1.54, 1.807) is 0 Å². The lowest BCUT2D eigenvalue weighted by Crippen LogP contribution is -2.18. The molecular weight excluding hydrogens is 272 g/mol. The first-order valence-electron chi connectivity index (χ1n) is 6.68. The summed E-state index contributed by atoms with van der Waals surface area (Å²) in [6.07, 6.45) is 0.857. The Kier molecular flexibility index (Phi) is 4.99. The molecule has 1 aromatic heterocycles. The van der Waals surface area contributed by atoms with Crippen LogP contribution < -0.4 is 4.90 Å². The van der Waals surface area contributed by atoms with Crippen LogP contribution in [0.15, 0.2) is 36.4 Å². The molecule has 0 amide bonds. The van der Waals surface area contributed by atoms with Gasteiger partial charge >= 0.3 is 0 Å². The van der Waals surface area contributed by atoms with Crippen molar-refractivity contribution in [3.05, 3.63) is 58.2 Å². The molecule has 1 N–H and O–H groups in total. The third-order valence-corrected chi connectivity index (χ3v) is 3.45. The molecule has 106 valence electrons. The van der Waals surface area contributed by atoms with Crippen molar-refractivity contribution in [2.24, 2.45) is 0 Å². The molecule has 20 heavy (non-hydrogen) atoms. The molecule has 4 heteroatoms. The topological polar surface area (TPSA) is 36.4 Å². The van der Waals surface area contributed by atoms with Crippen LogP contribution in [0.5, 0.6) is 0 Å². The van der Waals surface area contributed by atoms with Gasteiger partial charge in [-0.3, -0.25) is 0 Å². The van der Waals surface area contributed by atoms with Gasteiger partial charge in [0.1, 0.15) is 5.82 Å². The number of benzene rings is 1. The lowest BCUT2D eigenvalue weighted by Gasteiger charge is -2.20. The molecule has 1 aromatic carbocycles. The van der Waals surface area contributed by atoms with Gasteiger partial charge in [0.2, 0.25) is 0 Å². The standard InChI is InChI=1S/C16H19ClN2O/c1-3-15-8-13(11-20)9-16(18-15)19(2)10-12-4-6-14(17)7-5-12/h4-9,20H,3,10-11H2,1-2H3. The van der Waals surface area contributed by atoms with Gasteiger partial charge in [0, 0.05) is 24.3 Å². The van der Waals surface area contributed by atoms with Crippen molar-refractivity contribution in [1.82, 2.24) is 4.98 Å². The molecule has 0 aliphatic rings. The summed E-state index contributed by atoms with van der Waals surface area (Å²) in [5.74, 6) is 0.878. The average molecular weight is 291 g/mol. The monoisotopic (exact) mass is 290 g/mol. The zero-order chi connectivity index (χ0) is 14.5. The smallest absolute Gasteiger partial charge is 0.129 e. The Bertz CT molecular complexity index is 547. The van der Waals surface area contributed by atoms with Gasteiger partial charge in [-0.2, -0.15) is 0 Å². The summed E-state index contributed by atoms with van der Waals surface area (Å²) in [6, 6.07) is 11.7.